The van der Waals surface area contributed by atoms with Crippen LogP contribution >= 0.6 is 0 Å². The smallest absolute Gasteiger partial charge is 0.161 e. The molecule has 2 aromatic rings. The Balaban J connectivity index is 1.48. The van der Waals surface area contributed by atoms with E-state index in [4.69, 9.17) is 13.9 Å². The highest BCUT2D eigenvalue weighted by Gasteiger charge is 2.20. The zero-order valence-corrected chi connectivity index (χ0v) is 11.5. The predicted molar refractivity (Wildman–Crippen MR) is 76.2 cm³/mol. The van der Waals surface area contributed by atoms with Gasteiger partial charge in [0.2, 0.25) is 0 Å². The topological polar surface area (TPSA) is 43.6 Å². The van der Waals surface area contributed by atoms with Gasteiger partial charge >= 0.3 is 0 Å². The summed E-state index contributed by atoms with van der Waals surface area (Å²) in [6, 6.07) is 12.0. The van der Waals surface area contributed by atoms with Crippen LogP contribution in [0.25, 0.3) is 0 Å². The molecule has 0 saturated carbocycles. The van der Waals surface area contributed by atoms with Crippen LogP contribution in [0.1, 0.15) is 12.7 Å². The van der Waals surface area contributed by atoms with E-state index in [1.807, 2.05) is 36.4 Å². The van der Waals surface area contributed by atoms with Crippen molar-refractivity contribution in [3.05, 3.63) is 48.4 Å². The van der Waals surface area contributed by atoms with Gasteiger partial charge in [0.1, 0.15) is 18.5 Å². The number of rotatable bonds is 5. The number of para-hydroxylation sites is 2. The first-order valence-corrected chi connectivity index (χ1v) is 6.95. The van der Waals surface area contributed by atoms with Crippen LogP contribution in [-0.4, -0.2) is 25.3 Å². The maximum Gasteiger partial charge on any atom is 0.161 e. The molecule has 3 rings (SSSR count). The molecule has 1 aliphatic rings. The van der Waals surface area contributed by atoms with Crippen molar-refractivity contribution in [2.45, 2.75) is 25.5 Å². The monoisotopic (exact) mass is 273 g/mol. The van der Waals surface area contributed by atoms with E-state index in [0.717, 1.165) is 30.2 Å². The van der Waals surface area contributed by atoms with Gasteiger partial charge in [0.25, 0.3) is 0 Å². The zero-order valence-electron chi connectivity index (χ0n) is 11.5. The SMILES string of the molecule is CC(Cc1ccco1)NCC1COc2ccccc2O1. The molecule has 4 heteroatoms. The molecule has 0 aliphatic carbocycles. The molecule has 0 spiro atoms. The molecule has 1 aromatic heterocycles. The van der Waals surface area contributed by atoms with Gasteiger partial charge in [0.05, 0.1) is 6.26 Å². The molecule has 0 amide bonds. The molecule has 1 N–H and O–H groups in total. The number of fused-ring (bicyclic) bond motifs is 1. The van der Waals surface area contributed by atoms with E-state index in [0.29, 0.717) is 12.6 Å². The van der Waals surface area contributed by atoms with Gasteiger partial charge < -0.3 is 19.2 Å². The minimum absolute atomic E-state index is 0.0453. The summed E-state index contributed by atoms with van der Waals surface area (Å²) in [5.74, 6) is 2.65. The van der Waals surface area contributed by atoms with Crippen molar-refractivity contribution in [1.82, 2.24) is 5.32 Å². The van der Waals surface area contributed by atoms with Gasteiger partial charge in [-0.15, -0.1) is 0 Å². The first kappa shape index (κ1) is 13.1. The van der Waals surface area contributed by atoms with E-state index in [1.165, 1.54) is 0 Å². The standard InChI is InChI=1S/C16H19NO3/c1-12(9-13-5-4-8-18-13)17-10-14-11-19-15-6-2-3-7-16(15)20-14/h2-8,12,14,17H,9-11H2,1H3. The van der Waals surface area contributed by atoms with Crippen molar-refractivity contribution in [1.29, 1.82) is 0 Å². The highest BCUT2D eigenvalue weighted by Crippen LogP contribution is 2.30. The Morgan fingerprint density at radius 3 is 2.85 bits per heavy atom. The Labute approximate surface area is 118 Å². The summed E-state index contributed by atoms with van der Waals surface area (Å²) < 4.78 is 16.9. The second-order valence-electron chi connectivity index (χ2n) is 5.09. The van der Waals surface area contributed by atoms with Crippen LogP contribution in [-0.2, 0) is 6.42 Å². The molecule has 0 radical (unpaired) electrons. The molecule has 1 aliphatic heterocycles. The van der Waals surface area contributed by atoms with Crippen molar-refractivity contribution >= 4 is 0 Å². The minimum atomic E-state index is 0.0453. The maximum atomic E-state index is 5.91. The summed E-state index contributed by atoms with van der Waals surface area (Å²) >= 11 is 0. The lowest BCUT2D eigenvalue weighted by atomic mass is 10.2. The lowest BCUT2D eigenvalue weighted by Gasteiger charge is -2.27. The number of nitrogens with one attached hydrogen (secondary N) is 1. The predicted octanol–water partition coefficient (Wildman–Crippen LogP) is 2.64. The Morgan fingerprint density at radius 2 is 2.05 bits per heavy atom. The van der Waals surface area contributed by atoms with Crippen molar-refractivity contribution in [2.24, 2.45) is 0 Å². The average Bonchev–Trinajstić information content (AvgIpc) is 2.98. The largest absolute Gasteiger partial charge is 0.486 e. The fraction of sp³-hybridized carbons (Fsp3) is 0.375. The van der Waals surface area contributed by atoms with Crippen LogP contribution in [0.2, 0.25) is 0 Å². The normalized spacial score (nSPS) is 18.8. The fourth-order valence-electron chi connectivity index (χ4n) is 2.30. The molecule has 2 unspecified atom stereocenters. The Hall–Kier alpha value is -1.94. The third-order valence-electron chi connectivity index (χ3n) is 3.35. The van der Waals surface area contributed by atoms with E-state index in [9.17, 15) is 0 Å². The fourth-order valence-corrected chi connectivity index (χ4v) is 2.30. The molecule has 0 saturated heterocycles. The van der Waals surface area contributed by atoms with E-state index in [1.54, 1.807) is 6.26 Å². The van der Waals surface area contributed by atoms with Gasteiger partial charge in [0, 0.05) is 19.0 Å². The lowest BCUT2D eigenvalue weighted by molar-refractivity contribution is 0.0884. The molecule has 2 heterocycles. The van der Waals surface area contributed by atoms with Gasteiger partial charge in [0.15, 0.2) is 11.5 Å². The molecule has 106 valence electrons. The third kappa shape index (κ3) is 3.14. The van der Waals surface area contributed by atoms with Crippen molar-refractivity contribution in [3.63, 3.8) is 0 Å². The summed E-state index contributed by atoms with van der Waals surface area (Å²) in [7, 11) is 0. The van der Waals surface area contributed by atoms with Crippen LogP contribution in [0.4, 0.5) is 0 Å². The number of furan rings is 1. The van der Waals surface area contributed by atoms with E-state index in [2.05, 4.69) is 12.2 Å². The summed E-state index contributed by atoms with van der Waals surface area (Å²) in [6.07, 6.45) is 2.62. The summed E-state index contributed by atoms with van der Waals surface area (Å²) in [5, 5.41) is 3.46. The number of hydrogen-bond donors (Lipinski definition) is 1. The number of benzene rings is 1. The van der Waals surface area contributed by atoms with Crippen molar-refractivity contribution in [3.8, 4) is 11.5 Å². The van der Waals surface area contributed by atoms with Crippen molar-refractivity contribution in [2.75, 3.05) is 13.2 Å². The first-order valence-electron chi connectivity index (χ1n) is 6.95. The average molecular weight is 273 g/mol. The molecule has 4 nitrogen and oxygen atoms in total. The van der Waals surface area contributed by atoms with Crippen LogP contribution in [0.3, 0.4) is 0 Å². The van der Waals surface area contributed by atoms with Crippen LogP contribution < -0.4 is 14.8 Å². The summed E-state index contributed by atoms with van der Waals surface area (Å²) in [6.45, 7) is 3.48. The first-order chi connectivity index (χ1) is 9.81. The molecule has 20 heavy (non-hydrogen) atoms. The van der Waals surface area contributed by atoms with Gasteiger partial charge in [-0.1, -0.05) is 12.1 Å². The lowest BCUT2D eigenvalue weighted by Crippen LogP contribution is -2.42. The summed E-state index contributed by atoms with van der Waals surface area (Å²) in [5.41, 5.74) is 0. The van der Waals surface area contributed by atoms with E-state index in [-0.39, 0.29) is 6.10 Å². The quantitative estimate of drug-likeness (QED) is 0.909. The molecule has 2 atom stereocenters. The summed E-state index contributed by atoms with van der Waals surface area (Å²) in [4.78, 5) is 0. The maximum absolute atomic E-state index is 5.91. The second-order valence-corrected chi connectivity index (χ2v) is 5.09. The van der Waals surface area contributed by atoms with Gasteiger partial charge in [-0.25, -0.2) is 0 Å². The van der Waals surface area contributed by atoms with Gasteiger partial charge in [-0.3, -0.25) is 0 Å². The molecular formula is C16H19NO3. The van der Waals surface area contributed by atoms with E-state index < -0.39 is 0 Å². The molecular weight excluding hydrogens is 254 g/mol. The number of ether oxygens (including phenoxy) is 2. The van der Waals surface area contributed by atoms with Crippen LogP contribution in [0, 0.1) is 0 Å². The Morgan fingerprint density at radius 1 is 1.20 bits per heavy atom. The molecule has 1 aromatic carbocycles. The Bertz CT molecular complexity index is 538. The van der Waals surface area contributed by atoms with Crippen molar-refractivity contribution < 1.29 is 13.9 Å². The Kier molecular flexibility index (Phi) is 3.92. The second kappa shape index (κ2) is 6.01. The number of hydrogen-bond acceptors (Lipinski definition) is 4. The highest BCUT2D eigenvalue weighted by atomic mass is 16.6. The van der Waals surface area contributed by atoms with E-state index >= 15 is 0 Å². The van der Waals surface area contributed by atoms with Crippen LogP contribution in [0.5, 0.6) is 11.5 Å². The molecule has 0 bridgehead atoms. The minimum Gasteiger partial charge on any atom is -0.486 e. The molecule has 0 fully saturated rings. The van der Waals surface area contributed by atoms with Crippen LogP contribution in [0.15, 0.2) is 47.1 Å². The van der Waals surface area contributed by atoms with Gasteiger partial charge in [-0.2, -0.15) is 0 Å². The highest BCUT2D eigenvalue weighted by molar-refractivity contribution is 5.40. The zero-order chi connectivity index (χ0) is 13.8. The van der Waals surface area contributed by atoms with Gasteiger partial charge in [-0.05, 0) is 31.2 Å². The third-order valence-corrected chi connectivity index (χ3v) is 3.35.